The molecule has 2 amide bonds. The van der Waals surface area contributed by atoms with Crippen molar-refractivity contribution < 1.29 is 14.7 Å². The Labute approximate surface area is 122 Å². The smallest absolute Gasteiger partial charge is 0.329 e. The largest absolute Gasteiger partial charge is 0.480 e. The predicted octanol–water partition coefficient (Wildman–Crippen LogP) is 2.61. The van der Waals surface area contributed by atoms with Gasteiger partial charge in [-0.2, -0.15) is 0 Å². The van der Waals surface area contributed by atoms with E-state index in [0.29, 0.717) is 11.2 Å². The van der Waals surface area contributed by atoms with E-state index in [0.717, 1.165) is 5.39 Å². The van der Waals surface area contributed by atoms with Crippen molar-refractivity contribution in [2.45, 2.75) is 25.8 Å². The summed E-state index contributed by atoms with van der Waals surface area (Å²) in [5.41, 5.74) is -0.111. The first-order chi connectivity index (χ1) is 9.96. The summed E-state index contributed by atoms with van der Waals surface area (Å²) in [7, 11) is 0. The van der Waals surface area contributed by atoms with E-state index in [1.165, 1.54) is 6.92 Å². The van der Waals surface area contributed by atoms with Crippen LogP contribution < -0.4 is 10.6 Å². The molecule has 1 aromatic carbocycles. The lowest BCUT2D eigenvalue weighted by molar-refractivity contribution is -0.143. The van der Waals surface area contributed by atoms with Crippen LogP contribution in [-0.2, 0) is 4.79 Å². The maximum absolute atomic E-state index is 12.0. The fraction of sp³-hybridized carbons (Fsp3) is 0.267. The van der Waals surface area contributed by atoms with Crippen LogP contribution in [0.2, 0.25) is 0 Å². The van der Waals surface area contributed by atoms with Crippen molar-refractivity contribution in [3.05, 3.63) is 36.5 Å². The lowest BCUT2D eigenvalue weighted by Gasteiger charge is -2.24. The SMILES string of the molecule is CCC(C)(NC(=O)Nc1cccc2cccnc12)C(=O)O. The number of carboxylic acids is 1. The number of carboxylic acid groups (broad SMARTS) is 1. The van der Waals surface area contributed by atoms with Gasteiger partial charge in [0.15, 0.2) is 0 Å². The Bertz CT molecular complexity index is 681. The first-order valence-corrected chi connectivity index (χ1v) is 6.62. The number of amides is 2. The summed E-state index contributed by atoms with van der Waals surface area (Å²) >= 11 is 0. The Morgan fingerprint density at radius 3 is 2.67 bits per heavy atom. The number of hydrogen-bond donors (Lipinski definition) is 3. The number of urea groups is 1. The number of hydrogen-bond acceptors (Lipinski definition) is 3. The molecule has 0 fully saturated rings. The number of aromatic nitrogens is 1. The molecule has 0 aliphatic carbocycles. The molecule has 110 valence electrons. The number of nitrogens with zero attached hydrogens (tertiary/aromatic N) is 1. The van der Waals surface area contributed by atoms with Gasteiger partial charge in [-0.25, -0.2) is 9.59 Å². The van der Waals surface area contributed by atoms with Crippen molar-refractivity contribution >= 4 is 28.6 Å². The Morgan fingerprint density at radius 2 is 2.00 bits per heavy atom. The molecule has 0 aliphatic heterocycles. The average molecular weight is 287 g/mol. The number of anilines is 1. The molecule has 0 spiro atoms. The van der Waals surface area contributed by atoms with Gasteiger partial charge >= 0.3 is 12.0 Å². The topological polar surface area (TPSA) is 91.3 Å². The Hall–Kier alpha value is -2.63. The Morgan fingerprint density at radius 1 is 1.29 bits per heavy atom. The number of rotatable bonds is 4. The molecule has 6 heteroatoms. The summed E-state index contributed by atoms with van der Waals surface area (Å²) < 4.78 is 0. The van der Waals surface area contributed by atoms with Crippen molar-refractivity contribution in [1.29, 1.82) is 0 Å². The van der Waals surface area contributed by atoms with Crippen molar-refractivity contribution in [3.63, 3.8) is 0 Å². The monoisotopic (exact) mass is 287 g/mol. The first kappa shape index (κ1) is 14.8. The molecule has 0 saturated heterocycles. The van der Waals surface area contributed by atoms with E-state index >= 15 is 0 Å². The lowest BCUT2D eigenvalue weighted by Crippen LogP contribution is -2.53. The summed E-state index contributed by atoms with van der Waals surface area (Å²) in [6.07, 6.45) is 1.92. The van der Waals surface area contributed by atoms with Gasteiger partial charge in [0.05, 0.1) is 11.2 Å². The lowest BCUT2D eigenvalue weighted by atomic mass is 10.00. The van der Waals surface area contributed by atoms with Crippen LogP contribution in [0.25, 0.3) is 10.9 Å². The van der Waals surface area contributed by atoms with E-state index < -0.39 is 17.5 Å². The van der Waals surface area contributed by atoms with E-state index in [-0.39, 0.29) is 6.42 Å². The highest BCUT2D eigenvalue weighted by atomic mass is 16.4. The van der Waals surface area contributed by atoms with E-state index in [2.05, 4.69) is 15.6 Å². The average Bonchev–Trinajstić information content (AvgIpc) is 2.47. The molecule has 2 aromatic rings. The predicted molar refractivity (Wildman–Crippen MR) is 80.2 cm³/mol. The van der Waals surface area contributed by atoms with Crippen LogP contribution in [0.1, 0.15) is 20.3 Å². The van der Waals surface area contributed by atoms with Gasteiger partial charge in [-0.15, -0.1) is 0 Å². The van der Waals surface area contributed by atoms with Crippen LogP contribution in [-0.4, -0.2) is 27.6 Å². The van der Waals surface area contributed by atoms with Gasteiger partial charge in [0.25, 0.3) is 0 Å². The van der Waals surface area contributed by atoms with Crippen LogP contribution in [0, 0.1) is 0 Å². The third-order valence-electron chi connectivity index (χ3n) is 3.45. The normalized spacial score (nSPS) is 13.4. The van der Waals surface area contributed by atoms with Crippen molar-refractivity contribution in [1.82, 2.24) is 10.3 Å². The van der Waals surface area contributed by atoms with Crippen molar-refractivity contribution in [2.24, 2.45) is 0 Å². The van der Waals surface area contributed by atoms with Gasteiger partial charge in [-0.05, 0) is 25.5 Å². The maximum Gasteiger partial charge on any atom is 0.329 e. The van der Waals surface area contributed by atoms with Crippen LogP contribution >= 0.6 is 0 Å². The second-order valence-electron chi connectivity index (χ2n) is 4.95. The Balaban J connectivity index is 2.21. The molecular formula is C15H17N3O3. The highest BCUT2D eigenvalue weighted by Gasteiger charge is 2.32. The van der Waals surface area contributed by atoms with Gasteiger partial charge < -0.3 is 15.7 Å². The second kappa shape index (κ2) is 5.78. The van der Waals surface area contributed by atoms with E-state index in [1.807, 2.05) is 18.2 Å². The third-order valence-corrected chi connectivity index (χ3v) is 3.45. The summed E-state index contributed by atoms with van der Waals surface area (Å²) in [5.74, 6) is -1.07. The van der Waals surface area contributed by atoms with Crippen LogP contribution in [0.5, 0.6) is 0 Å². The third kappa shape index (κ3) is 3.10. The van der Waals surface area contributed by atoms with E-state index in [1.54, 1.807) is 25.3 Å². The quantitative estimate of drug-likeness (QED) is 0.806. The molecule has 3 N–H and O–H groups in total. The molecule has 0 saturated carbocycles. The number of aliphatic carboxylic acids is 1. The number of benzene rings is 1. The molecule has 0 aliphatic rings. The van der Waals surface area contributed by atoms with Gasteiger partial charge in [-0.1, -0.05) is 25.1 Å². The second-order valence-corrected chi connectivity index (χ2v) is 4.95. The van der Waals surface area contributed by atoms with Crippen LogP contribution in [0.3, 0.4) is 0 Å². The fourth-order valence-electron chi connectivity index (χ4n) is 1.90. The fourth-order valence-corrected chi connectivity index (χ4v) is 1.90. The highest BCUT2D eigenvalue weighted by molar-refractivity contribution is 6.00. The zero-order valence-corrected chi connectivity index (χ0v) is 11.9. The number of para-hydroxylation sites is 1. The van der Waals surface area contributed by atoms with Gasteiger partial charge in [0, 0.05) is 11.6 Å². The molecule has 2 rings (SSSR count). The number of pyridine rings is 1. The van der Waals surface area contributed by atoms with E-state index in [4.69, 9.17) is 5.11 Å². The number of fused-ring (bicyclic) bond motifs is 1. The zero-order valence-electron chi connectivity index (χ0n) is 11.9. The number of carbonyl (C=O) groups is 2. The van der Waals surface area contributed by atoms with Gasteiger partial charge in [0.1, 0.15) is 5.54 Å². The van der Waals surface area contributed by atoms with Crippen molar-refractivity contribution in [2.75, 3.05) is 5.32 Å². The molecule has 0 radical (unpaired) electrons. The minimum Gasteiger partial charge on any atom is -0.480 e. The molecule has 0 bridgehead atoms. The minimum absolute atomic E-state index is 0.281. The molecular weight excluding hydrogens is 270 g/mol. The molecule has 6 nitrogen and oxygen atoms in total. The molecule has 1 atom stereocenters. The van der Waals surface area contributed by atoms with Gasteiger partial charge in [0.2, 0.25) is 0 Å². The summed E-state index contributed by atoms with van der Waals surface area (Å²) in [6, 6.07) is 8.54. The Kier molecular flexibility index (Phi) is 4.07. The summed E-state index contributed by atoms with van der Waals surface area (Å²) in [5, 5.41) is 15.2. The summed E-state index contributed by atoms with van der Waals surface area (Å²) in [4.78, 5) is 27.4. The highest BCUT2D eigenvalue weighted by Crippen LogP contribution is 2.20. The molecule has 21 heavy (non-hydrogen) atoms. The number of nitrogens with one attached hydrogen (secondary N) is 2. The summed E-state index contributed by atoms with van der Waals surface area (Å²) in [6.45, 7) is 3.17. The van der Waals surface area contributed by atoms with Crippen LogP contribution in [0.15, 0.2) is 36.5 Å². The standard InChI is InChI=1S/C15H17N3O3/c1-3-15(2,13(19)20)18-14(21)17-11-8-4-6-10-7-5-9-16-12(10)11/h4-9H,3H2,1-2H3,(H,19,20)(H2,17,18,21). The zero-order chi connectivity index (χ0) is 15.5. The first-order valence-electron chi connectivity index (χ1n) is 6.62. The van der Waals surface area contributed by atoms with Crippen LogP contribution in [0.4, 0.5) is 10.5 Å². The van der Waals surface area contributed by atoms with Gasteiger partial charge in [-0.3, -0.25) is 4.98 Å². The minimum atomic E-state index is -1.30. The maximum atomic E-state index is 12.0. The molecule has 1 heterocycles. The number of carbonyl (C=O) groups excluding carboxylic acids is 1. The molecule has 1 unspecified atom stereocenters. The van der Waals surface area contributed by atoms with Crippen molar-refractivity contribution in [3.8, 4) is 0 Å². The van der Waals surface area contributed by atoms with E-state index in [9.17, 15) is 9.59 Å². The molecule has 1 aromatic heterocycles.